The van der Waals surface area contributed by atoms with Crippen molar-refractivity contribution in [3.63, 3.8) is 0 Å². The van der Waals surface area contributed by atoms with Gasteiger partial charge in [0, 0.05) is 29.7 Å². The molecule has 2 unspecified atom stereocenters. The van der Waals surface area contributed by atoms with Crippen LogP contribution in [0.5, 0.6) is 0 Å². The number of hydrogen-bond donors (Lipinski definition) is 2. The monoisotopic (exact) mass is 365 g/mol. The third-order valence-electron chi connectivity index (χ3n) is 5.21. The molecule has 0 bridgehead atoms. The predicted octanol–water partition coefficient (Wildman–Crippen LogP) is 4.42. The second-order valence-electron chi connectivity index (χ2n) is 7.19. The van der Waals surface area contributed by atoms with Gasteiger partial charge in [-0.3, -0.25) is 14.6 Å². The summed E-state index contributed by atoms with van der Waals surface area (Å²) in [5.74, 6) is 0.277. The lowest BCUT2D eigenvalue weighted by Crippen LogP contribution is -2.37. The molecule has 0 saturated heterocycles. The van der Waals surface area contributed by atoms with Gasteiger partial charge in [0.2, 0.25) is 0 Å². The highest BCUT2D eigenvalue weighted by Crippen LogP contribution is 2.30. The SMILES string of the molecule is CCCCC1CCCC1NC(=O)c1cccc(NC(=O)c2cccnc2)c1. The van der Waals surface area contributed by atoms with E-state index >= 15 is 0 Å². The summed E-state index contributed by atoms with van der Waals surface area (Å²) in [5.41, 5.74) is 1.66. The molecule has 3 rings (SSSR count). The molecule has 1 aliphatic rings. The molecule has 1 fully saturated rings. The minimum absolute atomic E-state index is 0.0686. The second-order valence-corrected chi connectivity index (χ2v) is 7.19. The molecule has 2 amide bonds. The number of hydrogen-bond acceptors (Lipinski definition) is 3. The van der Waals surface area contributed by atoms with E-state index in [1.165, 1.54) is 38.3 Å². The molecule has 0 spiro atoms. The fourth-order valence-electron chi connectivity index (χ4n) is 3.73. The van der Waals surface area contributed by atoms with E-state index < -0.39 is 0 Å². The standard InChI is InChI=1S/C22H27N3O2/c1-2-3-7-16-8-5-12-20(16)25-21(26)17-9-4-11-19(14-17)24-22(27)18-10-6-13-23-15-18/h4,6,9-11,13-16,20H,2-3,5,7-8,12H2,1H3,(H,24,27)(H,25,26). The zero-order valence-electron chi connectivity index (χ0n) is 15.8. The van der Waals surface area contributed by atoms with E-state index in [2.05, 4.69) is 22.5 Å². The van der Waals surface area contributed by atoms with E-state index in [0.717, 1.165) is 6.42 Å². The van der Waals surface area contributed by atoms with Crippen LogP contribution in [0.4, 0.5) is 5.69 Å². The Hall–Kier alpha value is -2.69. The molecule has 2 atom stereocenters. The highest BCUT2D eigenvalue weighted by molar-refractivity contribution is 6.04. The van der Waals surface area contributed by atoms with Gasteiger partial charge < -0.3 is 10.6 Å². The van der Waals surface area contributed by atoms with Crippen LogP contribution in [0.3, 0.4) is 0 Å². The van der Waals surface area contributed by atoms with Crippen molar-refractivity contribution in [2.45, 2.75) is 51.5 Å². The first-order valence-corrected chi connectivity index (χ1v) is 9.79. The summed E-state index contributed by atoms with van der Waals surface area (Å²) < 4.78 is 0. The van der Waals surface area contributed by atoms with Crippen molar-refractivity contribution in [3.05, 3.63) is 59.9 Å². The number of carbonyl (C=O) groups is 2. The normalized spacial score (nSPS) is 18.9. The molecule has 0 aliphatic heterocycles. The molecular formula is C22H27N3O2. The van der Waals surface area contributed by atoms with Gasteiger partial charge in [-0.2, -0.15) is 0 Å². The Morgan fingerprint density at radius 3 is 2.74 bits per heavy atom. The summed E-state index contributed by atoms with van der Waals surface area (Å²) in [6, 6.07) is 10.8. The highest BCUT2D eigenvalue weighted by Gasteiger charge is 2.28. The summed E-state index contributed by atoms with van der Waals surface area (Å²) in [7, 11) is 0. The van der Waals surface area contributed by atoms with Crippen molar-refractivity contribution >= 4 is 17.5 Å². The van der Waals surface area contributed by atoms with E-state index in [-0.39, 0.29) is 17.9 Å². The van der Waals surface area contributed by atoms with Crippen LogP contribution in [-0.2, 0) is 0 Å². The van der Waals surface area contributed by atoms with Crippen LogP contribution >= 0.6 is 0 Å². The molecule has 5 heteroatoms. The van der Waals surface area contributed by atoms with Gasteiger partial charge in [0.25, 0.3) is 11.8 Å². The number of anilines is 1. The first kappa shape index (κ1) is 19.1. The molecule has 1 aromatic carbocycles. The van der Waals surface area contributed by atoms with Crippen LogP contribution in [0.15, 0.2) is 48.8 Å². The third kappa shape index (κ3) is 5.16. The van der Waals surface area contributed by atoms with E-state index in [9.17, 15) is 9.59 Å². The van der Waals surface area contributed by atoms with E-state index in [1.807, 2.05) is 0 Å². The zero-order chi connectivity index (χ0) is 19.1. The van der Waals surface area contributed by atoms with Gasteiger partial charge in [-0.15, -0.1) is 0 Å². The van der Waals surface area contributed by atoms with Crippen molar-refractivity contribution in [1.82, 2.24) is 10.3 Å². The molecular weight excluding hydrogens is 338 g/mol. The average molecular weight is 365 g/mol. The molecule has 2 N–H and O–H groups in total. The van der Waals surface area contributed by atoms with Crippen LogP contribution in [0, 0.1) is 5.92 Å². The van der Waals surface area contributed by atoms with Gasteiger partial charge in [0.1, 0.15) is 0 Å². The summed E-state index contributed by atoms with van der Waals surface area (Å²) in [5, 5.41) is 6.03. The minimum atomic E-state index is -0.240. The summed E-state index contributed by atoms with van der Waals surface area (Å²) in [4.78, 5) is 28.9. The number of benzene rings is 1. The number of pyridine rings is 1. The Morgan fingerprint density at radius 2 is 1.96 bits per heavy atom. The number of rotatable bonds is 7. The lowest BCUT2D eigenvalue weighted by molar-refractivity contribution is 0.0925. The van der Waals surface area contributed by atoms with Crippen LogP contribution in [0.1, 0.15) is 66.2 Å². The second kappa shape index (κ2) is 9.31. The van der Waals surface area contributed by atoms with E-state index in [1.54, 1.807) is 42.6 Å². The van der Waals surface area contributed by atoms with Crippen molar-refractivity contribution < 1.29 is 9.59 Å². The van der Waals surface area contributed by atoms with Crippen molar-refractivity contribution in [2.75, 3.05) is 5.32 Å². The molecule has 0 radical (unpaired) electrons. The zero-order valence-corrected chi connectivity index (χ0v) is 15.8. The molecule has 1 heterocycles. The number of nitrogens with one attached hydrogen (secondary N) is 2. The van der Waals surface area contributed by atoms with Gasteiger partial charge in [-0.1, -0.05) is 32.3 Å². The van der Waals surface area contributed by atoms with Crippen LogP contribution < -0.4 is 10.6 Å². The molecule has 1 aliphatic carbocycles. The van der Waals surface area contributed by atoms with Crippen molar-refractivity contribution in [2.24, 2.45) is 5.92 Å². The molecule has 2 aromatic rings. The first-order chi connectivity index (χ1) is 13.2. The fraction of sp³-hybridized carbons (Fsp3) is 0.409. The molecule has 5 nitrogen and oxygen atoms in total. The van der Waals surface area contributed by atoms with Gasteiger partial charge >= 0.3 is 0 Å². The number of amides is 2. The van der Waals surface area contributed by atoms with Crippen molar-refractivity contribution in [3.8, 4) is 0 Å². The smallest absolute Gasteiger partial charge is 0.257 e. The van der Waals surface area contributed by atoms with Crippen LogP contribution in [0.25, 0.3) is 0 Å². The topological polar surface area (TPSA) is 71.1 Å². The summed E-state index contributed by atoms with van der Waals surface area (Å²) >= 11 is 0. The first-order valence-electron chi connectivity index (χ1n) is 9.79. The Balaban J connectivity index is 1.62. The highest BCUT2D eigenvalue weighted by atomic mass is 16.2. The largest absolute Gasteiger partial charge is 0.349 e. The fourth-order valence-corrected chi connectivity index (χ4v) is 3.73. The quantitative estimate of drug-likeness (QED) is 0.763. The third-order valence-corrected chi connectivity index (χ3v) is 5.21. The van der Waals surface area contributed by atoms with Crippen molar-refractivity contribution in [1.29, 1.82) is 0 Å². The number of carbonyl (C=O) groups excluding carboxylic acids is 2. The van der Waals surface area contributed by atoms with Gasteiger partial charge in [0.15, 0.2) is 0 Å². The maximum Gasteiger partial charge on any atom is 0.257 e. The predicted molar refractivity (Wildman–Crippen MR) is 107 cm³/mol. The number of unbranched alkanes of at least 4 members (excludes halogenated alkanes) is 1. The number of nitrogens with zero attached hydrogens (tertiary/aromatic N) is 1. The summed E-state index contributed by atoms with van der Waals surface area (Å²) in [6.45, 7) is 2.20. The maximum absolute atomic E-state index is 12.7. The molecule has 1 aromatic heterocycles. The number of aromatic nitrogens is 1. The van der Waals surface area contributed by atoms with Gasteiger partial charge in [-0.25, -0.2) is 0 Å². The van der Waals surface area contributed by atoms with Crippen LogP contribution in [-0.4, -0.2) is 22.8 Å². The average Bonchev–Trinajstić information content (AvgIpc) is 3.14. The van der Waals surface area contributed by atoms with Gasteiger partial charge in [0.05, 0.1) is 5.56 Å². The van der Waals surface area contributed by atoms with Gasteiger partial charge in [-0.05, 0) is 55.5 Å². The summed E-state index contributed by atoms with van der Waals surface area (Å²) in [6.07, 6.45) is 10.2. The Labute approximate surface area is 160 Å². The lowest BCUT2D eigenvalue weighted by Gasteiger charge is -2.21. The Morgan fingerprint density at radius 1 is 1.11 bits per heavy atom. The Kier molecular flexibility index (Phi) is 6.58. The maximum atomic E-state index is 12.7. The Bertz CT molecular complexity index is 776. The van der Waals surface area contributed by atoms with E-state index in [4.69, 9.17) is 0 Å². The molecule has 27 heavy (non-hydrogen) atoms. The van der Waals surface area contributed by atoms with Crippen LogP contribution in [0.2, 0.25) is 0 Å². The lowest BCUT2D eigenvalue weighted by atomic mass is 9.96. The minimum Gasteiger partial charge on any atom is -0.349 e. The molecule has 1 saturated carbocycles. The molecule has 142 valence electrons. The van der Waals surface area contributed by atoms with E-state index in [0.29, 0.717) is 22.7 Å².